The van der Waals surface area contributed by atoms with Crippen LogP contribution in [0.1, 0.15) is 17.5 Å². The molecule has 0 aliphatic heterocycles. The van der Waals surface area contributed by atoms with Crippen LogP contribution in [0.25, 0.3) is 0 Å². The van der Waals surface area contributed by atoms with E-state index in [1.165, 1.54) is 5.56 Å². The smallest absolute Gasteiger partial charge is 0.224 e. The van der Waals surface area contributed by atoms with Crippen LogP contribution in [0.3, 0.4) is 0 Å². The summed E-state index contributed by atoms with van der Waals surface area (Å²) in [6, 6.07) is 19.4. The third kappa shape index (κ3) is 9.47. The maximum absolute atomic E-state index is 12.9. The second kappa shape index (κ2) is 12.0. The number of sulfone groups is 1. The molecule has 0 saturated heterocycles. The minimum absolute atomic E-state index is 0.0649. The van der Waals surface area contributed by atoms with Crippen molar-refractivity contribution in [3.8, 4) is 0 Å². The molecule has 0 aliphatic rings. The molecule has 29 heavy (non-hydrogen) atoms. The maximum Gasteiger partial charge on any atom is 0.224 e. The van der Waals surface area contributed by atoms with Gasteiger partial charge < -0.3 is 10.4 Å². The van der Waals surface area contributed by atoms with E-state index in [2.05, 4.69) is 17.4 Å². The SMILES string of the molecule is CS(=O)(=O)CC[C@@H](CO)NC(=O)[C@@H](CSCc1ccccc1)Cc1ccccc1. The average Bonchev–Trinajstić information content (AvgIpc) is 2.71. The molecule has 2 aromatic carbocycles. The highest BCUT2D eigenvalue weighted by atomic mass is 32.2. The zero-order valence-corrected chi connectivity index (χ0v) is 18.3. The Morgan fingerprint density at radius 2 is 1.62 bits per heavy atom. The van der Waals surface area contributed by atoms with Gasteiger partial charge in [0.1, 0.15) is 9.84 Å². The molecule has 0 unspecified atom stereocenters. The number of carbonyl (C=O) groups is 1. The molecule has 0 bridgehead atoms. The van der Waals surface area contributed by atoms with Crippen LogP contribution in [-0.2, 0) is 26.8 Å². The topological polar surface area (TPSA) is 83.5 Å². The van der Waals surface area contributed by atoms with Gasteiger partial charge in [0.05, 0.1) is 24.3 Å². The molecule has 158 valence electrons. The molecule has 7 heteroatoms. The Morgan fingerprint density at radius 3 is 2.17 bits per heavy atom. The number of hydrogen-bond acceptors (Lipinski definition) is 5. The predicted octanol–water partition coefficient (Wildman–Crippen LogP) is 2.69. The fourth-order valence-electron chi connectivity index (χ4n) is 2.90. The zero-order valence-electron chi connectivity index (χ0n) is 16.7. The quantitative estimate of drug-likeness (QED) is 0.536. The van der Waals surface area contributed by atoms with Crippen molar-refractivity contribution in [3.63, 3.8) is 0 Å². The molecule has 2 rings (SSSR count). The summed E-state index contributed by atoms with van der Waals surface area (Å²) >= 11 is 1.70. The number of amides is 1. The lowest BCUT2D eigenvalue weighted by Gasteiger charge is -2.21. The Labute approximate surface area is 177 Å². The zero-order chi connectivity index (χ0) is 21.1. The molecular weight excluding hydrogens is 406 g/mol. The first-order chi connectivity index (χ1) is 13.9. The summed E-state index contributed by atoms with van der Waals surface area (Å²) in [6.07, 6.45) is 1.96. The van der Waals surface area contributed by atoms with Crippen LogP contribution >= 0.6 is 11.8 Å². The summed E-state index contributed by atoms with van der Waals surface area (Å²) in [5.41, 5.74) is 2.28. The molecule has 0 fully saturated rings. The molecule has 0 aliphatic carbocycles. The molecule has 0 radical (unpaired) electrons. The molecule has 2 N–H and O–H groups in total. The van der Waals surface area contributed by atoms with E-state index < -0.39 is 15.9 Å². The van der Waals surface area contributed by atoms with Crippen LogP contribution in [0, 0.1) is 5.92 Å². The standard InChI is InChI=1S/C22H29NO4S2/c1-29(26,27)13-12-21(15-24)23-22(25)20(14-18-8-4-2-5-9-18)17-28-16-19-10-6-3-7-11-19/h2-11,20-21,24H,12-17H2,1H3,(H,23,25)/t20-,21+/m1/s1. The third-order valence-electron chi connectivity index (χ3n) is 4.53. The lowest BCUT2D eigenvalue weighted by atomic mass is 9.99. The third-order valence-corrected chi connectivity index (χ3v) is 6.68. The largest absolute Gasteiger partial charge is 0.394 e. The van der Waals surface area contributed by atoms with Crippen molar-refractivity contribution < 1.29 is 18.3 Å². The molecule has 0 aromatic heterocycles. The Hall–Kier alpha value is -1.83. The second-order valence-corrected chi connectivity index (χ2v) is 10.5. The molecule has 0 saturated carbocycles. The predicted molar refractivity (Wildman–Crippen MR) is 120 cm³/mol. The van der Waals surface area contributed by atoms with E-state index in [0.29, 0.717) is 12.2 Å². The molecule has 2 atom stereocenters. The fraction of sp³-hybridized carbons (Fsp3) is 0.409. The van der Waals surface area contributed by atoms with Gasteiger partial charge in [0, 0.05) is 17.8 Å². The van der Waals surface area contributed by atoms with E-state index in [9.17, 15) is 18.3 Å². The van der Waals surface area contributed by atoms with Gasteiger partial charge >= 0.3 is 0 Å². The van der Waals surface area contributed by atoms with Crippen molar-refractivity contribution >= 4 is 27.5 Å². The van der Waals surface area contributed by atoms with Crippen LogP contribution in [-0.4, -0.2) is 49.8 Å². The summed E-state index contributed by atoms with van der Waals surface area (Å²) in [7, 11) is -3.15. The lowest BCUT2D eigenvalue weighted by molar-refractivity contribution is -0.125. The van der Waals surface area contributed by atoms with E-state index in [0.717, 1.165) is 17.6 Å². The van der Waals surface area contributed by atoms with Gasteiger partial charge in [0.2, 0.25) is 5.91 Å². The average molecular weight is 436 g/mol. The number of nitrogens with one attached hydrogen (secondary N) is 1. The van der Waals surface area contributed by atoms with Crippen molar-refractivity contribution in [2.45, 2.75) is 24.6 Å². The van der Waals surface area contributed by atoms with Gasteiger partial charge in [0.25, 0.3) is 0 Å². The molecule has 0 heterocycles. The number of benzene rings is 2. The first-order valence-electron chi connectivity index (χ1n) is 9.62. The van der Waals surface area contributed by atoms with Crippen LogP contribution in [0.5, 0.6) is 0 Å². The van der Waals surface area contributed by atoms with Crippen LogP contribution in [0.15, 0.2) is 60.7 Å². The van der Waals surface area contributed by atoms with Gasteiger partial charge in [-0.05, 0) is 24.0 Å². The van der Waals surface area contributed by atoms with E-state index in [1.54, 1.807) is 11.8 Å². The van der Waals surface area contributed by atoms with Crippen LogP contribution < -0.4 is 5.32 Å². The molecular formula is C22H29NO4S2. The van der Waals surface area contributed by atoms with Gasteiger partial charge in [-0.25, -0.2) is 8.42 Å². The number of hydrogen-bond donors (Lipinski definition) is 2. The highest BCUT2D eigenvalue weighted by molar-refractivity contribution is 7.98. The number of aliphatic hydroxyl groups is 1. The number of thioether (sulfide) groups is 1. The molecule has 0 spiro atoms. The van der Waals surface area contributed by atoms with Crippen molar-refractivity contribution in [1.82, 2.24) is 5.32 Å². The van der Waals surface area contributed by atoms with E-state index in [-0.39, 0.29) is 30.6 Å². The van der Waals surface area contributed by atoms with Crippen molar-refractivity contribution in [2.24, 2.45) is 5.92 Å². The highest BCUT2D eigenvalue weighted by Crippen LogP contribution is 2.19. The van der Waals surface area contributed by atoms with Crippen LogP contribution in [0.2, 0.25) is 0 Å². The Bertz CT molecular complexity index is 842. The summed E-state index contributed by atoms with van der Waals surface area (Å²) in [6.45, 7) is -0.281. The fourth-order valence-corrected chi connectivity index (χ4v) is 4.72. The number of carbonyl (C=O) groups excluding carboxylic acids is 1. The summed E-state index contributed by atoms with van der Waals surface area (Å²) in [5, 5.41) is 12.4. The lowest BCUT2D eigenvalue weighted by Crippen LogP contribution is -2.43. The van der Waals surface area contributed by atoms with Gasteiger partial charge in [-0.3, -0.25) is 4.79 Å². The van der Waals surface area contributed by atoms with E-state index in [4.69, 9.17) is 0 Å². The normalized spacial score (nSPS) is 13.6. The maximum atomic E-state index is 12.9. The monoisotopic (exact) mass is 435 g/mol. The van der Waals surface area contributed by atoms with Gasteiger partial charge in [-0.15, -0.1) is 0 Å². The van der Waals surface area contributed by atoms with E-state index in [1.807, 2.05) is 48.5 Å². The van der Waals surface area contributed by atoms with Crippen LogP contribution in [0.4, 0.5) is 0 Å². The first-order valence-corrected chi connectivity index (χ1v) is 12.8. The van der Waals surface area contributed by atoms with Gasteiger partial charge in [-0.2, -0.15) is 11.8 Å². The first kappa shape index (κ1) is 23.4. The summed E-state index contributed by atoms with van der Waals surface area (Å²) in [5.74, 6) is 0.974. The van der Waals surface area contributed by atoms with E-state index >= 15 is 0 Å². The summed E-state index contributed by atoms with van der Waals surface area (Å²) < 4.78 is 22.8. The minimum Gasteiger partial charge on any atom is -0.394 e. The van der Waals surface area contributed by atoms with Crippen molar-refractivity contribution in [3.05, 3.63) is 71.8 Å². The minimum atomic E-state index is -3.15. The molecule has 2 aromatic rings. The Balaban J connectivity index is 1.99. The number of rotatable bonds is 12. The second-order valence-electron chi connectivity index (χ2n) is 7.19. The highest BCUT2D eigenvalue weighted by Gasteiger charge is 2.22. The summed E-state index contributed by atoms with van der Waals surface area (Å²) in [4.78, 5) is 12.9. The van der Waals surface area contributed by atoms with Gasteiger partial charge in [0.15, 0.2) is 0 Å². The van der Waals surface area contributed by atoms with Gasteiger partial charge in [-0.1, -0.05) is 60.7 Å². The molecule has 5 nitrogen and oxygen atoms in total. The molecule has 1 amide bonds. The van der Waals surface area contributed by atoms with Crippen molar-refractivity contribution in [1.29, 1.82) is 0 Å². The Morgan fingerprint density at radius 1 is 1.03 bits per heavy atom. The number of aliphatic hydroxyl groups excluding tert-OH is 1. The Kier molecular flexibility index (Phi) is 9.70. The van der Waals surface area contributed by atoms with Crippen molar-refractivity contribution in [2.75, 3.05) is 24.4 Å².